The molecule has 0 radical (unpaired) electrons. The maximum Gasteiger partial charge on any atom is 0.140 e. The van der Waals surface area contributed by atoms with Crippen LogP contribution in [0, 0.1) is 6.92 Å². The summed E-state index contributed by atoms with van der Waals surface area (Å²) in [7, 11) is 0. The van der Waals surface area contributed by atoms with Crippen LogP contribution in [0.3, 0.4) is 0 Å². The fraction of sp³-hybridized carbons (Fsp3) is 0.154. The maximum atomic E-state index is 5.69. The Kier molecular flexibility index (Phi) is 2.75. The van der Waals surface area contributed by atoms with E-state index in [1.165, 1.54) is 0 Å². The molecule has 2 aromatic heterocycles. The number of nitrogens with zero attached hydrogens (tertiary/aromatic N) is 4. The van der Waals surface area contributed by atoms with Gasteiger partial charge < -0.3 is 10.3 Å². The second kappa shape index (κ2) is 4.56. The second-order valence-electron chi connectivity index (χ2n) is 4.30. The van der Waals surface area contributed by atoms with Crippen molar-refractivity contribution < 1.29 is 4.63 Å². The third kappa shape index (κ3) is 2.20. The van der Waals surface area contributed by atoms with E-state index in [2.05, 4.69) is 15.3 Å². The molecule has 0 aliphatic carbocycles. The van der Waals surface area contributed by atoms with Crippen LogP contribution in [0.5, 0.6) is 0 Å². The predicted octanol–water partition coefficient (Wildman–Crippen LogP) is 1.87. The van der Waals surface area contributed by atoms with Crippen LogP contribution in [-0.4, -0.2) is 19.9 Å². The Bertz CT molecular complexity index is 683. The van der Waals surface area contributed by atoms with Gasteiger partial charge in [-0.05, 0) is 31.2 Å². The molecule has 6 heteroatoms. The highest BCUT2D eigenvalue weighted by Gasteiger charge is 2.10. The molecule has 0 spiro atoms. The first-order chi connectivity index (χ1) is 9.24. The Morgan fingerprint density at radius 2 is 2.00 bits per heavy atom. The van der Waals surface area contributed by atoms with Crippen LogP contribution >= 0.6 is 0 Å². The maximum absolute atomic E-state index is 5.69. The molecule has 0 aliphatic heterocycles. The highest BCUT2D eigenvalue weighted by Crippen LogP contribution is 2.20. The zero-order valence-corrected chi connectivity index (χ0v) is 10.4. The van der Waals surface area contributed by atoms with Gasteiger partial charge in [-0.1, -0.05) is 10.3 Å². The standard InChI is InChI=1S/C13H13N5O/c1-9-12(17-19-16-9)8-18-7-6-15-13(18)10-2-4-11(14)5-3-10/h2-7H,8,14H2,1H3. The van der Waals surface area contributed by atoms with E-state index in [-0.39, 0.29) is 0 Å². The summed E-state index contributed by atoms with van der Waals surface area (Å²) in [4.78, 5) is 4.37. The average molecular weight is 255 g/mol. The van der Waals surface area contributed by atoms with Crippen molar-refractivity contribution in [1.29, 1.82) is 0 Å². The summed E-state index contributed by atoms with van der Waals surface area (Å²) in [6.07, 6.45) is 3.66. The van der Waals surface area contributed by atoms with Gasteiger partial charge in [0.1, 0.15) is 17.2 Å². The van der Waals surface area contributed by atoms with Gasteiger partial charge in [0.05, 0.1) is 6.54 Å². The molecule has 2 heterocycles. The van der Waals surface area contributed by atoms with Crippen molar-refractivity contribution in [3.8, 4) is 11.4 Å². The fourth-order valence-electron chi connectivity index (χ4n) is 1.88. The molecule has 0 bridgehead atoms. The van der Waals surface area contributed by atoms with Gasteiger partial charge in [0.25, 0.3) is 0 Å². The highest BCUT2D eigenvalue weighted by atomic mass is 16.6. The average Bonchev–Trinajstić information content (AvgIpc) is 3.01. The van der Waals surface area contributed by atoms with E-state index >= 15 is 0 Å². The lowest BCUT2D eigenvalue weighted by atomic mass is 10.2. The Labute approximate surface area is 109 Å². The lowest BCUT2D eigenvalue weighted by Gasteiger charge is -2.06. The van der Waals surface area contributed by atoms with E-state index in [1.807, 2.05) is 42.0 Å². The van der Waals surface area contributed by atoms with Crippen LogP contribution in [-0.2, 0) is 6.54 Å². The lowest BCUT2D eigenvalue weighted by molar-refractivity contribution is 0.300. The summed E-state index contributed by atoms with van der Waals surface area (Å²) in [5.41, 5.74) is 9.02. The third-order valence-electron chi connectivity index (χ3n) is 2.95. The summed E-state index contributed by atoms with van der Waals surface area (Å²) < 4.78 is 6.70. The Hall–Kier alpha value is -2.63. The first-order valence-corrected chi connectivity index (χ1v) is 5.89. The Balaban J connectivity index is 1.94. The van der Waals surface area contributed by atoms with E-state index in [0.29, 0.717) is 6.54 Å². The summed E-state index contributed by atoms with van der Waals surface area (Å²) in [5.74, 6) is 0.863. The molecular formula is C13H13N5O. The van der Waals surface area contributed by atoms with Crippen molar-refractivity contribution in [2.24, 2.45) is 0 Å². The topological polar surface area (TPSA) is 82.8 Å². The van der Waals surface area contributed by atoms with E-state index in [0.717, 1.165) is 28.5 Å². The first-order valence-electron chi connectivity index (χ1n) is 5.89. The zero-order valence-electron chi connectivity index (χ0n) is 10.4. The van der Waals surface area contributed by atoms with Crippen molar-refractivity contribution in [2.45, 2.75) is 13.5 Å². The minimum absolute atomic E-state index is 0.578. The number of nitrogen functional groups attached to an aromatic ring is 1. The van der Waals surface area contributed by atoms with Crippen molar-refractivity contribution in [3.63, 3.8) is 0 Å². The molecule has 0 unspecified atom stereocenters. The number of aryl methyl sites for hydroxylation is 1. The molecule has 19 heavy (non-hydrogen) atoms. The molecule has 1 aromatic carbocycles. The molecule has 0 saturated carbocycles. The number of aromatic nitrogens is 4. The number of hydrogen-bond acceptors (Lipinski definition) is 5. The van der Waals surface area contributed by atoms with Gasteiger partial charge in [-0.25, -0.2) is 9.61 Å². The molecule has 2 N–H and O–H groups in total. The van der Waals surface area contributed by atoms with Crippen molar-refractivity contribution in [1.82, 2.24) is 19.9 Å². The zero-order chi connectivity index (χ0) is 13.2. The molecule has 3 rings (SSSR count). The monoisotopic (exact) mass is 255 g/mol. The van der Waals surface area contributed by atoms with Gasteiger partial charge in [0.15, 0.2) is 0 Å². The van der Waals surface area contributed by atoms with Gasteiger partial charge in [-0.15, -0.1) is 0 Å². The number of hydrogen-bond donors (Lipinski definition) is 1. The van der Waals surface area contributed by atoms with Crippen molar-refractivity contribution >= 4 is 5.69 Å². The molecule has 6 nitrogen and oxygen atoms in total. The number of rotatable bonds is 3. The summed E-state index contributed by atoms with van der Waals surface area (Å²) in [6, 6.07) is 7.61. The molecule has 0 amide bonds. The van der Waals surface area contributed by atoms with Crippen LogP contribution in [0.2, 0.25) is 0 Å². The minimum Gasteiger partial charge on any atom is -0.399 e. The Morgan fingerprint density at radius 1 is 1.21 bits per heavy atom. The summed E-state index contributed by atoms with van der Waals surface area (Å²) in [6.45, 7) is 2.45. The van der Waals surface area contributed by atoms with Gasteiger partial charge in [-0.2, -0.15) is 0 Å². The van der Waals surface area contributed by atoms with Crippen molar-refractivity contribution in [3.05, 3.63) is 48.0 Å². The van der Waals surface area contributed by atoms with Gasteiger partial charge >= 0.3 is 0 Å². The first kappa shape index (κ1) is 11.5. The predicted molar refractivity (Wildman–Crippen MR) is 70.2 cm³/mol. The summed E-state index contributed by atoms with van der Waals surface area (Å²) in [5, 5.41) is 7.66. The molecule has 0 aliphatic rings. The van der Waals surface area contributed by atoms with E-state index in [4.69, 9.17) is 10.4 Å². The third-order valence-corrected chi connectivity index (χ3v) is 2.95. The molecule has 0 atom stereocenters. The van der Waals surface area contributed by atoms with E-state index in [9.17, 15) is 0 Å². The number of anilines is 1. The van der Waals surface area contributed by atoms with Crippen LogP contribution in [0.15, 0.2) is 41.3 Å². The van der Waals surface area contributed by atoms with Gasteiger partial charge in [-0.3, -0.25) is 0 Å². The van der Waals surface area contributed by atoms with Gasteiger partial charge in [0.2, 0.25) is 0 Å². The smallest absolute Gasteiger partial charge is 0.140 e. The number of benzene rings is 1. The molecule has 3 aromatic rings. The van der Waals surface area contributed by atoms with Crippen LogP contribution in [0.1, 0.15) is 11.4 Å². The van der Waals surface area contributed by atoms with Crippen LogP contribution in [0.4, 0.5) is 5.69 Å². The summed E-state index contributed by atoms with van der Waals surface area (Å²) >= 11 is 0. The van der Waals surface area contributed by atoms with Crippen molar-refractivity contribution in [2.75, 3.05) is 5.73 Å². The van der Waals surface area contributed by atoms with Crippen LogP contribution < -0.4 is 5.73 Å². The Morgan fingerprint density at radius 3 is 2.68 bits per heavy atom. The second-order valence-corrected chi connectivity index (χ2v) is 4.30. The molecule has 0 fully saturated rings. The minimum atomic E-state index is 0.578. The number of imidazole rings is 1. The van der Waals surface area contributed by atoms with E-state index in [1.54, 1.807) is 6.20 Å². The fourth-order valence-corrected chi connectivity index (χ4v) is 1.88. The molecular weight excluding hydrogens is 242 g/mol. The quantitative estimate of drug-likeness (QED) is 0.722. The normalized spacial score (nSPS) is 10.8. The largest absolute Gasteiger partial charge is 0.399 e. The van der Waals surface area contributed by atoms with Crippen LogP contribution in [0.25, 0.3) is 11.4 Å². The van der Waals surface area contributed by atoms with E-state index < -0.39 is 0 Å². The highest BCUT2D eigenvalue weighted by molar-refractivity contribution is 5.59. The number of nitrogens with two attached hydrogens (primary N) is 1. The van der Waals surface area contributed by atoms with Gasteiger partial charge in [0, 0.05) is 23.6 Å². The molecule has 96 valence electrons. The molecule has 0 saturated heterocycles. The lowest BCUT2D eigenvalue weighted by Crippen LogP contribution is -2.02. The SMILES string of the molecule is Cc1nonc1Cn1ccnc1-c1ccc(N)cc1.